The number of hydrogen-bond acceptors (Lipinski definition) is 0. The molecule has 0 atom stereocenters. The van der Waals surface area contributed by atoms with Gasteiger partial charge in [0.25, 0.3) is 0 Å². The molecule has 0 nitrogen and oxygen atoms in total. The summed E-state index contributed by atoms with van der Waals surface area (Å²) < 4.78 is -1.00. The molecule has 0 heterocycles. The second-order valence-electron chi connectivity index (χ2n) is 1.86. The first kappa shape index (κ1) is 8.64. The first-order valence-corrected chi connectivity index (χ1v) is 3.48. The van der Waals surface area contributed by atoms with Crippen LogP contribution in [0.15, 0.2) is 0 Å². The molecule has 0 aliphatic heterocycles. The molecule has 0 spiro atoms. The molecule has 0 rings (SSSR count). The van der Waals surface area contributed by atoms with Crippen molar-refractivity contribution < 1.29 is 0 Å². The number of unbranched alkanes of at least 4 members (excludes halogenated alkanes) is 1. The third-order valence-electron chi connectivity index (χ3n) is 0.864. The predicted octanol–water partition coefficient (Wildman–Crippen LogP) is 2.48. The van der Waals surface area contributed by atoms with Crippen LogP contribution in [0.3, 0.4) is 0 Å². The normalized spacial score (nSPS) is 11.9. The average Bonchev–Trinajstić information content (AvgIpc) is 1.59. The van der Waals surface area contributed by atoms with Crippen molar-refractivity contribution in [2.75, 3.05) is 0 Å². The highest BCUT2D eigenvalue weighted by molar-refractivity contribution is 6.65. The number of alkyl halides is 2. The molecule has 0 fully saturated rings. The van der Waals surface area contributed by atoms with Gasteiger partial charge in [0.05, 0.1) is 4.23 Å². The Bertz CT molecular complexity index is 57.9. The van der Waals surface area contributed by atoms with Crippen LogP contribution in [0.2, 0.25) is 0 Å². The van der Waals surface area contributed by atoms with Crippen LogP contribution in [-0.4, -0.2) is 12.1 Å². The van der Waals surface area contributed by atoms with Crippen LogP contribution in [0, 0.1) is 0 Å². The van der Waals surface area contributed by atoms with Crippen LogP contribution in [0.5, 0.6) is 0 Å². The molecule has 0 aromatic carbocycles. The minimum atomic E-state index is -1.00. The number of rotatable bonds is 3. The summed E-state index contributed by atoms with van der Waals surface area (Å²) in [5.41, 5.74) is 0. The molecule has 2 radical (unpaired) electrons. The van der Waals surface area contributed by atoms with E-state index in [4.69, 9.17) is 31.0 Å². The summed E-state index contributed by atoms with van der Waals surface area (Å²) in [4.78, 5) is 0. The molecule has 0 bridgehead atoms. The fraction of sp³-hybridized carbons (Fsp3) is 1.00. The average molecular weight is 151 g/mol. The predicted molar refractivity (Wildman–Crippen MR) is 39.7 cm³/mol. The highest BCUT2D eigenvalue weighted by Gasteiger charge is 2.13. The van der Waals surface area contributed by atoms with Gasteiger partial charge in [-0.15, -0.1) is 23.2 Å². The maximum absolute atomic E-state index is 5.46. The van der Waals surface area contributed by atoms with Crippen molar-refractivity contribution in [3.05, 3.63) is 0 Å². The van der Waals surface area contributed by atoms with Crippen molar-refractivity contribution in [3.63, 3.8) is 0 Å². The van der Waals surface area contributed by atoms with Gasteiger partial charge in [0.15, 0.2) is 0 Å². The number of halogens is 2. The van der Waals surface area contributed by atoms with Crippen LogP contribution < -0.4 is 0 Å². The zero-order valence-electron chi connectivity index (χ0n) is 4.95. The second kappa shape index (κ2) is 3.63. The lowest BCUT2D eigenvalue weighted by atomic mass is 9.98. The van der Waals surface area contributed by atoms with Gasteiger partial charge >= 0.3 is 0 Å². The van der Waals surface area contributed by atoms with Gasteiger partial charge in [0.2, 0.25) is 0 Å². The molecule has 0 aliphatic rings. The molecule has 0 saturated carbocycles. The van der Waals surface area contributed by atoms with E-state index in [2.05, 4.69) is 6.92 Å². The van der Waals surface area contributed by atoms with E-state index in [1.807, 2.05) is 0 Å². The molecule has 0 aromatic heterocycles. The monoisotopic (exact) mass is 150 g/mol. The van der Waals surface area contributed by atoms with E-state index in [-0.39, 0.29) is 0 Å². The number of hydrogen-bond donors (Lipinski definition) is 0. The third-order valence-corrected chi connectivity index (χ3v) is 1.24. The van der Waals surface area contributed by atoms with E-state index < -0.39 is 4.23 Å². The van der Waals surface area contributed by atoms with Gasteiger partial charge < -0.3 is 0 Å². The molecule has 0 aliphatic carbocycles. The van der Waals surface area contributed by atoms with Gasteiger partial charge in [-0.1, -0.05) is 19.8 Å². The fourth-order valence-electron chi connectivity index (χ4n) is 0.412. The summed E-state index contributed by atoms with van der Waals surface area (Å²) in [7, 11) is 5.25. The zero-order chi connectivity index (χ0) is 6.62. The van der Waals surface area contributed by atoms with E-state index >= 15 is 0 Å². The van der Waals surface area contributed by atoms with E-state index in [0.717, 1.165) is 12.8 Å². The highest BCUT2D eigenvalue weighted by atomic mass is 35.5. The van der Waals surface area contributed by atoms with Crippen LogP contribution in [0.1, 0.15) is 26.2 Å². The van der Waals surface area contributed by atoms with Gasteiger partial charge in [0.1, 0.15) is 7.85 Å². The quantitative estimate of drug-likeness (QED) is 0.429. The molecule has 3 heteroatoms. The lowest BCUT2D eigenvalue weighted by molar-refractivity contribution is 0.733. The molecule has 8 heavy (non-hydrogen) atoms. The fourth-order valence-corrected chi connectivity index (χ4v) is 0.680. The van der Waals surface area contributed by atoms with E-state index in [1.165, 1.54) is 0 Å². The molecular formula is C5H9BCl2. The van der Waals surface area contributed by atoms with E-state index in [0.29, 0.717) is 6.42 Å². The standard InChI is InChI=1S/C5H9BCl2/c1-2-3-4-5(6,7)8/h2-4H2,1H3. The summed E-state index contributed by atoms with van der Waals surface area (Å²) in [6, 6.07) is 0. The first-order chi connectivity index (χ1) is 3.56. The smallest absolute Gasteiger partial charge is 0.113 e. The lowest BCUT2D eigenvalue weighted by Crippen LogP contribution is -2.10. The molecular weight excluding hydrogens is 142 g/mol. The zero-order valence-corrected chi connectivity index (χ0v) is 6.47. The van der Waals surface area contributed by atoms with Gasteiger partial charge in [-0.3, -0.25) is 0 Å². The second-order valence-corrected chi connectivity index (χ2v) is 3.41. The highest BCUT2D eigenvalue weighted by Crippen LogP contribution is 2.22. The van der Waals surface area contributed by atoms with Gasteiger partial charge in [-0.05, 0) is 6.42 Å². The van der Waals surface area contributed by atoms with E-state index in [9.17, 15) is 0 Å². The first-order valence-electron chi connectivity index (χ1n) is 2.73. The van der Waals surface area contributed by atoms with Gasteiger partial charge in [-0.25, -0.2) is 0 Å². The minimum absolute atomic E-state index is 0.673. The van der Waals surface area contributed by atoms with Crippen molar-refractivity contribution in [2.24, 2.45) is 0 Å². The Morgan fingerprint density at radius 1 is 1.50 bits per heavy atom. The summed E-state index contributed by atoms with van der Waals surface area (Å²) in [5.74, 6) is 0. The van der Waals surface area contributed by atoms with E-state index in [1.54, 1.807) is 0 Å². The molecule has 46 valence electrons. The van der Waals surface area contributed by atoms with Crippen LogP contribution in [0.4, 0.5) is 0 Å². The Kier molecular flexibility index (Phi) is 3.92. The van der Waals surface area contributed by atoms with Crippen molar-refractivity contribution in [2.45, 2.75) is 30.4 Å². The lowest BCUT2D eigenvalue weighted by Gasteiger charge is -2.11. The van der Waals surface area contributed by atoms with Crippen LogP contribution in [-0.2, 0) is 0 Å². The molecule has 0 saturated heterocycles. The van der Waals surface area contributed by atoms with Crippen molar-refractivity contribution >= 4 is 31.0 Å². The summed E-state index contributed by atoms with van der Waals surface area (Å²) in [5, 5.41) is 0. The Morgan fingerprint density at radius 2 is 2.00 bits per heavy atom. The third kappa shape index (κ3) is 6.64. The van der Waals surface area contributed by atoms with Gasteiger partial charge in [-0.2, -0.15) is 0 Å². The maximum atomic E-state index is 5.46. The Balaban J connectivity index is 3.11. The molecule has 0 aromatic rings. The summed E-state index contributed by atoms with van der Waals surface area (Å²) in [6.45, 7) is 2.07. The summed E-state index contributed by atoms with van der Waals surface area (Å²) >= 11 is 10.9. The van der Waals surface area contributed by atoms with Crippen LogP contribution in [0.25, 0.3) is 0 Å². The van der Waals surface area contributed by atoms with Crippen molar-refractivity contribution in [3.8, 4) is 0 Å². The van der Waals surface area contributed by atoms with Gasteiger partial charge in [0, 0.05) is 0 Å². The van der Waals surface area contributed by atoms with Crippen molar-refractivity contribution in [1.82, 2.24) is 0 Å². The van der Waals surface area contributed by atoms with Crippen LogP contribution >= 0.6 is 23.2 Å². The molecule has 0 unspecified atom stereocenters. The Labute approximate surface area is 62.0 Å². The van der Waals surface area contributed by atoms with Crippen molar-refractivity contribution in [1.29, 1.82) is 0 Å². The Hall–Kier alpha value is 0.645. The molecule has 0 N–H and O–H groups in total. The largest absolute Gasteiger partial charge is 0.119 e. The summed E-state index contributed by atoms with van der Waals surface area (Å²) in [6.07, 6.45) is 2.74. The topological polar surface area (TPSA) is 0 Å². The SMILES string of the molecule is [B]C(Cl)(Cl)CCCC. The maximum Gasteiger partial charge on any atom is 0.119 e. The Morgan fingerprint density at radius 3 is 2.12 bits per heavy atom. The minimum Gasteiger partial charge on any atom is -0.113 e. The molecule has 0 amide bonds.